The number of aliphatic hydroxyl groups excluding tert-OH is 1. The highest BCUT2D eigenvalue weighted by Crippen LogP contribution is 2.29. The van der Waals surface area contributed by atoms with Crippen molar-refractivity contribution in [3.8, 4) is 5.75 Å². The molecule has 0 aliphatic heterocycles. The molecule has 0 saturated carbocycles. The second-order valence-corrected chi connectivity index (χ2v) is 5.40. The zero-order valence-corrected chi connectivity index (χ0v) is 13.5. The summed E-state index contributed by atoms with van der Waals surface area (Å²) in [6.07, 6.45) is 0.714. The second kappa shape index (κ2) is 7.80. The molecule has 0 saturated heterocycles. The standard InChI is InChI=1S/C18H24N2O2/c1-13-14(2)18(19-10-7-11-21)20-15(3)17(13)22-12-16-8-5-4-6-9-16/h4-6,8-9,21H,7,10-12H2,1-3H3,(H,19,20). The Kier molecular flexibility index (Phi) is 5.78. The minimum absolute atomic E-state index is 0.183. The van der Waals surface area contributed by atoms with Crippen molar-refractivity contribution >= 4 is 5.82 Å². The van der Waals surface area contributed by atoms with Crippen LogP contribution in [0.15, 0.2) is 30.3 Å². The molecule has 2 rings (SSSR count). The van der Waals surface area contributed by atoms with Crippen LogP contribution >= 0.6 is 0 Å². The van der Waals surface area contributed by atoms with Gasteiger partial charge in [0.05, 0.1) is 5.69 Å². The minimum atomic E-state index is 0.183. The van der Waals surface area contributed by atoms with Crippen LogP contribution in [0.1, 0.15) is 28.8 Å². The molecule has 1 heterocycles. The molecule has 22 heavy (non-hydrogen) atoms. The lowest BCUT2D eigenvalue weighted by atomic mass is 10.1. The molecular formula is C18H24N2O2. The molecule has 118 valence electrons. The van der Waals surface area contributed by atoms with Crippen LogP contribution in [0.2, 0.25) is 0 Å². The highest BCUT2D eigenvalue weighted by molar-refractivity contribution is 5.54. The van der Waals surface area contributed by atoms with Crippen LogP contribution in [-0.4, -0.2) is 23.2 Å². The first-order valence-electron chi connectivity index (χ1n) is 7.62. The third-order valence-corrected chi connectivity index (χ3v) is 3.72. The number of aromatic nitrogens is 1. The van der Waals surface area contributed by atoms with Gasteiger partial charge in [-0.05, 0) is 43.9 Å². The summed E-state index contributed by atoms with van der Waals surface area (Å²) in [6.45, 7) is 7.50. The lowest BCUT2D eigenvalue weighted by molar-refractivity contribution is 0.292. The first-order valence-corrected chi connectivity index (χ1v) is 7.62. The molecule has 0 unspecified atom stereocenters. The van der Waals surface area contributed by atoms with Gasteiger partial charge >= 0.3 is 0 Å². The average Bonchev–Trinajstić information content (AvgIpc) is 2.53. The fourth-order valence-electron chi connectivity index (χ4n) is 2.32. The molecule has 2 aromatic rings. The van der Waals surface area contributed by atoms with Gasteiger partial charge in [0.15, 0.2) is 0 Å². The molecule has 0 atom stereocenters. The molecule has 0 aliphatic carbocycles. The number of aryl methyl sites for hydroxylation is 1. The number of benzene rings is 1. The van der Waals surface area contributed by atoms with Crippen LogP contribution in [0.4, 0.5) is 5.82 Å². The minimum Gasteiger partial charge on any atom is -0.487 e. The van der Waals surface area contributed by atoms with E-state index in [1.165, 1.54) is 0 Å². The number of hydrogen-bond acceptors (Lipinski definition) is 4. The van der Waals surface area contributed by atoms with Gasteiger partial charge in [-0.15, -0.1) is 0 Å². The lowest BCUT2D eigenvalue weighted by Crippen LogP contribution is -2.10. The molecule has 0 fully saturated rings. The Hall–Kier alpha value is -2.07. The maximum absolute atomic E-state index is 8.86. The van der Waals surface area contributed by atoms with E-state index < -0.39 is 0 Å². The van der Waals surface area contributed by atoms with Gasteiger partial charge in [0, 0.05) is 13.2 Å². The highest BCUT2D eigenvalue weighted by atomic mass is 16.5. The first kappa shape index (κ1) is 16.3. The Morgan fingerprint density at radius 1 is 1.09 bits per heavy atom. The summed E-state index contributed by atoms with van der Waals surface area (Å²) in [6, 6.07) is 10.1. The molecule has 0 amide bonds. The van der Waals surface area contributed by atoms with E-state index in [0.717, 1.165) is 34.0 Å². The molecule has 0 aliphatic rings. The van der Waals surface area contributed by atoms with E-state index in [1.807, 2.05) is 32.0 Å². The Morgan fingerprint density at radius 2 is 1.82 bits per heavy atom. The number of pyridine rings is 1. The summed E-state index contributed by atoms with van der Waals surface area (Å²) in [4.78, 5) is 4.60. The van der Waals surface area contributed by atoms with E-state index in [4.69, 9.17) is 9.84 Å². The molecule has 2 N–H and O–H groups in total. The van der Waals surface area contributed by atoms with Crippen LogP contribution in [0.3, 0.4) is 0 Å². The number of hydrogen-bond donors (Lipinski definition) is 2. The summed E-state index contributed by atoms with van der Waals surface area (Å²) < 4.78 is 5.98. The van der Waals surface area contributed by atoms with Gasteiger partial charge in [0.1, 0.15) is 18.2 Å². The zero-order chi connectivity index (χ0) is 15.9. The highest BCUT2D eigenvalue weighted by Gasteiger charge is 2.13. The molecule has 0 bridgehead atoms. The summed E-state index contributed by atoms with van der Waals surface area (Å²) in [5.41, 5.74) is 4.22. The summed E-state index contributed by atoms with van der Waals surface area (Å²) in [5, 5.41) is 12.1. The molecule has 0 radical (unpaired) electrons. The molecular weight excluding hydrogens is 276 g/mol. The molecule has 0 spiro atoms. The van der Waals surface area contributed by atoms with Crippen molar-refractivity contribution in [1.82, 2.24) is 4.98 Å². The van der Waals surface area contributed by atoms with Crippen LogP contribution in [0.25, 0.3) is 0 Å². The monoisotopic (exact) mass is 300 g/mol. The zero-order valence-electron chi connectivity index (χ0n) is 13.5. The number of anilines is 1. The molecule has 4 nitrogen and oxygen atoms in total. The van der Waals surface area contributed by atoms with Crippen molar-refractivity contribution in [2.45, 2.75) is 33.8 Å². The van der Waals surface area contributed by atoms with Gasteiger partial charge in [0.25, 0.3) is 0 Å². The van der Waals surface area contributed by atoms with Gasteiger partial charge in [-0.3, -0.25) is 0 Å². The lowest BCUT2D eigenvalue weighted by Gasteiger charge is -2.17. The van der Waals surface area contributed by atoms with Crippen LogP contribution in [0.5, 0.6) is 5.75 Å². The van der Waals surface area contributed by atoms with E-state index in [0.29, 0.717) is 19.6 Å². The summed E-state index contributed by atoms with van der Waals surface area (Å²) in [7, 11) is 0. The number of nitrogens with zero attached hydrogens (tertiary/aromatic N) is 1. The van der Waals surface area contributed by atoms with Gasteiger partial charge in [-0.2, -0.15) is 0 Å². The van der Waals surface area contributed by atoms with E-state index in [-0.39, 0.29) is 6.61 Å². The first-order chi connectivity index (χ1) is 10.6. The summed E-state index contributed by atoms with van der Waals surface area (Å²) in [5.74, 6) is 1.73. The normalized spacial score (nSPS) is 10.5. The molecule has 1 aromatic heterocycles. The largest absolute Gasteiger partial charge is 0.487 e. The van der Waals surface area contributed by atoms with E-state index in [2.05, 4.69) is 29.4 Å². The maximum atomic E-state index is 8.86. The van der Waals surface area contributed by atoms with Gasteiger partial charge < -0.3 is 15.2 Å². The van der Waals surface area contributed by atoms with Crippen LogP contribution in [-0.2, 0) is 6.61 Å². The number of nitrogens with one attached hydrogen (secondary N) is 1. The smallest absolute Gasteiger partial charge is 0.144 e. The van der Waals surface area contributed by atoms with Crippen molar-refractivity contribution < 1.29 is 9.84 Å². The van der Waals surface area contributed by atoms with E-state index in [9.17, 15) is 0 Å². The molecule has 4 heteroatoms. The Balaban J connectivity index is 2.13. The third-order valence-electron chi connectivity index (χ3n) is 3.72. The fraction of sp³-hybridized carbons (Fsp3) is 0.389. The number of rotatable bonds is 7. The van der Waals surface area contributed by atoms with Crippen molar-refractivity contribution in [2.24, 2.45) is 0 Å². The van der Waals surface area contributed by atoms with Crippen molar-refractivity contribution in [3.05, 3.63) is 52.7 Å². The Bertz CT molecular complexity index is 612. The predicted molar refractivity (Wildman–Crippen MR) is 89.4 cm³/mol. The fourth-order valence-corrected chi connectivity index (χ4v) is 2.32. The van der Waals surface area contributed by atoms with Gasteiger partial charge in [0.2, 0.25) is 0 Å². The number of ether oxygens (including phenoxy) is 1. The Labute approximate surface area is 132 Å². The van der Waals surface area contributed by atoms with Crippen LogP contribution in [0, 0.1) is 20.8 Å². The number of aliphatic hydroxyl groups is 1. The van der Waals surface area contributed by atoms with E-state index in [1.54, 1.807) is 0 Å². The topological polar surface area (TPSA) is 54.4 Å². The molecule has 1 aromatic carbocycles. The van der Waals surface area contributed by atoms with Crippen molar-refractivity contribution in [2.75, 3.05) is 18.5 Å². The van der Waals surface area contributed by atoms with Gasteiger partial charge in [-0.1, -0.05) is 30.3 Å². The average molecular weight is 300 g/mol. The Morgan fingerprint density at radius 3 is 2.50 bits per heavy atom. The SMILES string of the molecule is Cc1nc(NCCCO)c(C)c(C)c1OCc1ccccc1. The van der Waals surface area contributed by atoms with E-state index >= 15 is 0 Å². The van der Waals surface area contributed by atoms with Crippen LogP contribution < -0.4 is 10.1 Å². The third kappa shape index (κ3) is 3.98. The maximum Gasteiger partial charge on any atom is 0.144 e. The quantitative estimate of drug-likeness (QED) is 0.770. The second-order valence-electron chi connectivity index (χ2n) is 5.40. The van der Waals surface area contributed by atoms with Crippen molar-refractivity contribution in [3.63, 3.8) is 0 Å². The van der Waals surface area contributed by atoms with Crippen molar-refractivity contribution in [1.29, 1.82) is 0 Å². The van der Waals surface area contributed by atoms with Gasteiger partial charge in [-0.25, -0.2) is 4.98 Å². The summed E-state index contributed by atoms with van der Waals surface area (Å²) >= 11 is 0. The predicted octanol–water partition coefficient (Wildman–Crippen LogP) is 3.38.